The minimum Gasteiger partial charge on any atom is -0.385 e. The Morgan fingerprint density at radius 3 is 2.95 bits per heavy atom. The Morgan fingerprint density at radius 2 is 2.26 bits per heavy atom. The molecule has 1 atom stereocenters. The minimum absolute atomic E-state index is 0.213. The third-order valence-electron chi connectivity index (χ3n) is 3.98. The Morgan fingerprint density at radius 1 is 1.47 bits per heavy atom. The molecule has 0 aliphatic heterocycles. The molecule has 19 heavy (non-hydrogen) atoms. The summed E-state index contributed by atoms with van der Waals surface area (Å²) in [6.45, 7) is 1.93. The average molecular weight is 260 g/mol. The molecule has 1 aromatic carbocycles. The number of hydrogen-bond acceptors (Lipinski definition) is 2. The Hall–Kier alpha value is -1.68. The van der Waals surface area contributed by atoms with Gasteiger partial charge < -0.3 is 5.11 Å². The maximum atomic E-state index is 13.7. The molecule has 4 heteroatoms. The molecule has 0 amide bonds. The number of hydrogen-bond donors (Lipinski definition) is 1. The van der Waals surface area contributed by atoms with Crippen LogP contribution >= 0.6 is 0 Å². The standard InChI is InChI=1S/C15H17FN2O/c1-10-8-11(18(2)17-10)9-15(19)7-6-12-13(15)4-3-5-14(12)16/h3-5,8,19H,6-7,9H2,1-2H3. The van der Waals surface area contributed by atoms with Crippen LogP contribution < -0.4 is 0 Å². The van der Waals surface area contributed by atoms with E-state index in [-0.39, 0.29) is 5.82 Å². The SMILES string of the molecule is Cc1cc(CC2(O)CCc3c(F)cccc32)n(C)n1. The number of aryl methyl sites for hydroxylation is 2. The number of rotatable bonds is 2. The monoisotopic (exact) mass is 260 g/mol. The van der Waals surface area contributed by atoms with Gasteiger partial charge in [-0.25, -0.2) is 4.39 Å². The Labute approximate surface area is 111 Å². The number of benzene rings is 1. The van der Waals surface area contributed by atoms with Crippen LogP contribution in [0.3, 0.4) is 0 Å². The van der Waals surface area contributed by atoms with Crippen molar-refractivity contribution in [3.8, 4) is 0 Å². The van der Waals surface area contributed by atoms with E-state index in [1.165, 1.54) is 6.07 Å². The Bertz CT molecular complexity index is 635. The van der Waals surface area contributed by atoms with Gasteiger partial charge in [0.15, 0.2) is 0 Å². The highest BCUT2D eigenvalue weighted by Crippen LogP contribution is 2.40. The van der Waals surface area contributed by atoms with Crippen molar-refractivity contribution < 1.29 is 9.50 Å². The van der Waals surface area contributed by atoms with Crippen molar-refractivity contribution in [1.82, 2.24) is 9.78 Å². The lowest BCUT2D eigenvalue weighted by Crippen LogP contribution is -2.26. The lowest BCUT2D eigenvalue weighted by atomic mass is 9.90. The van der Waals surface area contributed by atoms with E-state index in [9.17, 15) is 9.50 Å². The maximum Gasteiger partial charge on any atom is 0.126 e. The van der Waals surface area contributed by atoms with Crippen LogP contribution in [-0.2, 0) is 25.5 Å². The molecule has 1 heterocycles. The molecule has 0 radical (unpaired) electrons. The van der Waals surface area contributed by atoms with Crippen molar-refractivity contribution in [2.45, 2.75) is 31.8 Å². The summed E-state index contributed by atoms with van der Waals surface area (Å²) in [6.07, 6.45) is 1.63. The largest absolute Gasteiger partial charge is 0.385 e. The summed E-state index contributed by atoms with van der Waals surface area (Å²) in [4.78, 5) is 0. The van der Waals surface area contributed by atoms with Crippen LogP contribution in [0.1, 0.15) is 28.9 Å². The summed E-state index contributed by atoms with van der Waals surface area (Å²) in [7, 11) is 1.87. The Balaban J connectivity index is 1.99. The van der Waals surface area contributed by atoms with Crippen molar-refractivity contribution in [2.75, 3.05) is 0 Å². The van der Waals surface area contributed by atoms with Crippen LogP contribution in [0.4, 0.5) is 4.39 Å². The summed E-state index contributed by atoms with van der Waals surface area (Å²) in [5.41, 5.74) is 2.31. The predicted octanol–water partition coefficient (Wildman–Crippen LogP) is 2.24. The highest BCUT2D eigenvalue weighted by molar-refractivity contribution is 5.39. The zero-order valence-corrected chi connectivity index (χ0v) is 11.2. The predicted molar refractivity (Wildman–Crippen MR) is 70.3 cm³/mol. The van der Waals surface area contributed by atoms with Gasteiger partial charge in [0.25, 0.3) is 0 Å². The van der Waals surface area contributed by atoms with Crippen LogP contribution in [0.5, 0.6) is 0 Å². The Kier molecular flexibility index (Phi) is 2.71. The van der Waals surface area contributed by atoms with Crippen LogP contribution in [0.2, 0.25) is 0 Å². The van der Waals surface area contributed by atoms with Crippen LogP contribution in [-0.4, -0.2) is 14.9 Å². The van der Waals surface area contributed by atoms with Gasteiger partial charge in [0, 0.05) is 19.2 Å². The molecule has 3 nitrogen and oxygen atoms in total. The molecule has 1 aliphatic rings. The first-order valence-electron chi connectivity index (χ1n) is 6.49. The second kappa shape index (κ2) is 4.17. The molecule has 0 bridgehead atoms. The first kappa shape index (κ1) is 12.4. The van der Waals surface area contributed by atoms with E-state index in [1.807, 2.05) is 26.1 Å². The van der Waals surface area contributed by atoms with Gasteiger partial charge in [-0.15, -0.1) is 0 Å². The number of fused-ring (bicyclic) bond motifs is 1. The van der Waals surface area contributed by atoms with Crippen LogP contribution in [0.25, 0.3) is 0 Å². The molecule has 0 spiro atoms. The third kappa shape index (κ3) is 1.96. The molecule has 0 fully saturated rings. The smallest absolute Gasteiger partial charge is 0.126 e. The van der Waals surface area contributed by atoms with Crippen molar-refractivity contribution in [3.63, 3.8) is 0 Å². The van der Waals surface area contributed by atoms with E-state index in [0.29, 0.717) is 24.8 Å². The average Bonchev–Trinajstić information content (AvgIpc) is 2.83. The van der Waals surface area contributed by atoms with Gasteiger partial charge in [-0.1, -0.05) is 12.1 Å². The normalized spacial score (nSPS) is 21.7. The van der Waals surface area contributed by atoms with Crippen molar-refractivity contribution in [1.29, 1.82) is 0 Å². The first-order valence-corrected chi connectivity index (χ1v) is 6.49. The van der Waals surface area contributed by atoms with Gasteiger partial charge in [0.05, 0.1) is 11.3 Å². The molecule has 2 aromatic rings. The van der Waals surface area contributed by atoms with Gasteiger partial charge in [0.2, 0.25) is 0 Å². The lowest BCUT2D eigenvalue weighted by Gasteiger charge is -2.24. The molecule has 3 rings (SSSR count). The van der Waals surface area contributed by atoms with Gasteiger partial charge in [0.1, 0.15) is 5.82 Å². The van der Waals surface area contributed by atoms with E-state index < -0.39 is 5.60 Å². The van der Waals surface area contributed by atoms with Crippen molar-refractivity contribution in [3.05, 3.63) is 52.6 Å². The molecule has 0 saturated heterocycles. The quantitative estimate of drug-likeness (QED) is 0.899. The highest BCUT2D eigenvalue weighted by Gasteiger charge is 2.38. The topological polar surface area (TPSA) is 38.0 Å². The van der Waals surface area contributed by atoms with Gasteiger partial charge in [-0.3, -0.25) is 4.68 Å². The zero-order chi connectivity index (χ0) is 13.6. The fraction of sp³-hybridized carbons (Fsp3) is 0.400. The zero-order valence-electron chi connectivity index (χ0n) is 11.2. The summed E-state index contributed by atoms with van der Waals surface area (Å²) in [5, 5.41) is 15.1. The highest BCUT2D eigenvalue weighted by atomic mass is 19.1. The van der Waals surface area contributed by atoms with Crippen molar-refractivity contribution >= 4 is 0 Å². The fourth-order valence-electron chi connectivity index (χ4n) is 3.03. The molecule has 1 unspecified atom stereocenters. The molecule has 1 aliphatic carbocycles. The summed E-state index contributed by atoms with van der Waals surface area (Å²) < 4.78 is 15.5. The van der Waals surface area contributed by atoms with E-state index in [1.54, 1.807) is 10.7 Å². The minimum atomic E-state index is -0.975. The second-order valence-corrected chi connectivity index (χ2v) is 5.37. The van der Waals surface area contributed by atoms with Gasteiger partial charge in [-0.05, 0) is 43.0 Å². The van der Waals surface area contributed by atoms with E-state index in [2.05, 4.69) is 5.10 Å². The summed E-state index contributed by atoms with van der Waals surface area (Å²) in [5.74, 6) is -0.213. The maximum absolute atomic E-state index is 13.7. The van der Waals surface area contributed by atoms with Gasteiger partial charge in [-0.2, -0.15) is 5.10 Å². The third-order valence-corrected chi connectivity index (χ3v) is 3.98. The van der Waals surface area contributed by atoms with Crippen molar-refractivity contribution in [2.24, 2.45) is 7.05 Å². The number of halogens is 1. The van der Waals surface area contributed by atoms with Gasteiger partial charge >= 0.3 is 0 Å². The molecular weight excluding hydrogens is 243 g/mol. The fourth-order valence-corrected chi connectivity index (χ4v) is 3.03. The number of aromatic nitrogens is 2. The first-order chi connectivity index (χ1) is 8.99. The van der Waals surface area contributed by atoms with E-state index in [0.717, 1.165) is 17.0 Å². The molecular formula is C15H17FN2O. The number of aliphatic hydroxyl groups is 1. The molecule has 1 N–H and O–H groups in total. The molecule has 0 saturated carbocycles. The second-order valence-electron chi connectivity index (χ2n) is 5.37. The van der Waals surface area contributed by atoms with Crippen LogP contribution in [0.15, 0.2) is 24.3 Å². The van der Waals surface area contributed by atoms with Crippen LogP contribution in [0, 0.1) is 12.7 Å². The summed E-state index contributed by atoms with van der Waals surface area (Å²) >= 11 is 0. The number of nitrogens with zero attached hydrogens (tertiary/aromatic N) is 2. The van der Waals surface area contributed by atoms with E-state index in [4.69, 9.17) is 0 Å². The molecule has 100 valence electrons. The summed E-state index contributed by atoms with van der Waals surface area (Å²) in [6, 6.07) is 6.92. The molecule has 1 aromatic heterocycles. The van der Waals surface area contributed by atoms with E-state index >= 15 is 0 Å². The lowest BCUT2D eigenvalue weighted by molar-refractivity contribution is 0.0370.